The monoisotopic (exact) mass is 273 g/mol. The Morgan fingerprint density at radius 2 is 2.33 bits per heavy atom. The molecule has 0 fully saturated rings. The predicted octanol–water partition coefficient (Wildman–Crippen LogP) is 3.74. The topological polar surface area (TPSA) is 52.5 Å². The first-order valence-electron chi connectivity index (χ1n) is 5.37. The van der Waals surface area contributed by atoms with Crippen molar-refractivity contribution in [1.82, 2.24) is 9.97 Å². The molecule has 0 aliphatic carbocycles. The summed E-state index contributed by atoms with van der Waals surface area (Å²) < 4.78 is 1.04. The molecule has 0 spiro atoms. The Kier molecular flexibility index (Phi) is 2.78. The summed E-state index contributed by atoms with van der Waals surface area (Å²) >= 11 is 7.96. The van der Waals surface area contributed by atoms with E-state index in [-0.39, 0.29) is 0 Å². The second-order valence-electron chi connectivity index (χ2n) is 3.87. The third kappa shape index (κ3) is 1.88. The second kappa shape index (κ2) is 4.45. The highest BCUT2D eigenvalue weighted by molar-refractivity contribution is 7.19. The van der Waals surface area contributed by atoms with E-state index in [0.29, 0.717) is 12.0 Å². The fourth-order valence-electron chi connectivity index (χ4n) is 1.85. The molecule has 0 saturated heterocycles. The van der Waals surface area contributed by atoms with Crippen LogP contribution in [0.15, 0.2) is 30.6 Å². The lowest BCUT2D eigenvalue weighted by Gasteiger charge is -1.94. The molecule has 0 saturated carbocycles. The molecular weight excluding hydrogens is 266 g/mol. The van der Waals surface area contributed by atoms with Gasteiger partial charge in [-0.25, -0.2) is 4.98 Å². The number of benzene rings is 1. The van der Waals surface area contributed by atoms with Gasteiger partial charge in [-0.2, -0.15) is 5.26 Å². The van der Waals surface area contributed by atoms with E-state index >= 15 is 0 Å². The molecule has 0 atom stereocenters. The van der Waals surface area contributed by atoms with Gasteiger partial charge in [-0.05, 0) is 12.1 Å². The first-order valence-corrected chi connectivity index (χ1v) is 6.56. The molecule has 3 nitrogen and oxygen atoms in total. The first-order chi connectivity index (χ1) is 8.78. The molecule has 3 aromatic rings. The molecular formula is C13H8ClN3S. The fraction of sp³-hybridized carbons (Fsp3) is 0.0769. The number of thiophene rings is 1. The normalized spacial score (nSPS) is 10.7. The van der Waals surface area contributed by atoms with E-state index in [1.54, 1.807) is 29.8 Å². The first kappa shape index (κ1) is 11.3. The Labute approximate surface area is 113 Å². The van der Waals surface area contributed by atoms with Crippen LogP contribution >= 0.6 is 22.9 Å². The lowest BCUT2D eigenvalue weighted by Crippen LogP contribution is -1.87. The number of nitrogens with one attached hydrogen (secondary N) is 1. The van der Waals surface area contributed by atoms with E-state index in [1.165, 1.54) is 0 Å². The van der Waals surface area contributed by atoms with Crippen molar-refractivity contribution in [2.75, 3.05) is 0 Å². The predicted molar refractivity (Wildman–Crippen MR) is 72.9 cm³/mol. The molecule has 0 radical (unpaired) electrons. The van der Waals surface area contributed by atoms with Crippen molar-refractivity contribution >= 4 is 33.0 Å². The van der Waals surface area contributed by atoms with Crippen LogP contribution in [0.2, 0.25) is 5.02 Å². The lowest BCUT2D eigenvalue weighted by molar-refractivity contribution is 1.05. The van der Waals surface area contributed by atoms with Crippen LogP contribution in [0.1, 0.15) is 16.3 Å². The molecule has 0 bridgehead atoms. The van der Waals surface area contributed by atoms with Crippen LogP contribution in [-0.2, 0) is 6.42 Å². The molecule has 0 unspecified atom stereocenters. The van der Waals surface area contributed by atoms with Crippen LogP contribution in [0.3, 0.4) is 0 Å². The zero-order valence-electron chi connectivity index (χ0n) is 9.27. The maximum atomic E-state index is 8.89. The lowest BCUT2D eigenvalue weighted by atomic mass is 10.2. The SMILES string of the molecule is N#Cc1ccc2c(Cl)c(Cc3ncc[nH]3)sc2c1. The molecule has 0 amide bonds. The maximum absolute atomic E-state index is 8.89. The van der Waals surface area contributed by atoms with Crippen LogP contribution in [0.25, 0.3) is 10.1 Å². The number of H-pyrrole nitrogens is 1. The minimum Gasteiger partial charge on any atom is -0.348 e. The van der Waals surface area contributed by atoms with Gasteiger partial charge in [-0.1, -0.05) is 17.7 Å². The van der Waals surface area contributed by atoms with Crippen LogP contribution < -0.4 is 0 Å². The average molecular weight is 274 g/mol. The van der Waals surface area contributed by atoms with Gasteiger partial charge in [0.2, 0.25) is 0 Å². The van der Waals surface area contributed by atoms with Crippen molar-refractivity contribution in [2.24, 2.45) is 0 Å². The van der Waals surface area contributed by atoms with E-state index in [1.807, 2.05) is 12.1 Å². The zero-order chi connectivity index (χ0) is 12.5. The van der Waals surface area contributed by atoms with Crippen LogP contribution in [0.4, 0.5) is 0 Å². The fourth-order valence-corrected chi connectivity index (χ4v) is 3.39. The highest BCUT2D eigenvalue weighted by atomic mass is 35.5. The Bertz CT molecular complexity index is 738. The van der Waals surface area contributed by atoms with Crippen molar-refractivity contribution in [3.63, 3.8) is 0 Å². The standard InChI is InChI=1S/C13H8ClN3S/c14-13-9-2-1-8(7-15)5-10(9)18-11(13)6-12-16-3-4-17-12/h1-5H,6H2,(H,16,17). The summed E-state index contributed by atoms with van der Waals surface area (Å²) in [5.74, 6) is 0.893. The number of fused-ring (bicyclic) bond motifs is 1. The summed E-state index contributed by atoms with van der Waals surface area (Å²) in [7, 11) is 0. The van der Waals surface area contributed by atoms with Crippen LogP contribution in [-0.4, -0.2) is 9.97 Å². The van der Waals surface area contributed by atoms with Gasteiger partial charge < -0.3 is 4.98 Å². The van der Waals surface area contributed by atoms with Crippen molar-refractivity contribution in [3.8, 4) is 6.07 Å². The molecule has 0 aliphatic heterocycles. The van der Waals surface area contributed by atoms with Crippen LogP contribution in [0, 0.1) is 11.3 Å². The van der Waals surface area contributed by atoms with Gasteiger partial charge in [0.05, 0.1) is 16.7 Å². The molecule has 3 rings (SSSR count). The highest BCUT2D eigenvalue weighted by Gasteiger charge is 2.12. The minimum absolute atomic E-state index is 0.657. The van der Waals surface area contributed by atoms with Crippen molar-refractivity contribution in [3.05, 3.63) is 51.9 Å². The summed E-state index contributed by atoms with van der Waals surface area (Å²) in [5, 5.41) is 10.6. The van der Waals surface area contributed by atoms with Gasteiger partial charge in [-0.15, -0.1) is 11.3 Å². The van der Waals surface area contributed by atoms with Crippen molar-refractivity contribution in [1.29, 1.82) is 5.26 Å². The molecule has 5 heteroatoms. The highest BCUT2D eigenvalue weighted by Crippen LogP contribution is 2.36. The average Bonchev–Trinajstić information content (AvgIpc) is 2.99. The van der Waals surface area contributed by atoms with Gasteiger partial charge in [-0.3, -0.25) is 0 Å². The van der Waals surface area contributed by atoms with E-state index in [2.05, 4.69) is 16.0 Å². The van der Waals surface area contributed by atoms with Gasteiger partial charge in [0.1, 0.15) is 5.82 Å². The third-order valence-electron chi connectivity index (χ3n) is 2.71. The van der Waals surface area contributed by atoms with E-state index in [4.69, 9.17) is 16.9 Å². The Balaban J connectivity index is 2.08. The summed E-state index contributed by atoms with van der Waals surface area (Å²) in [5.41, 5.74) is 0.657. The molecule has 1 N–H and O–H groups in total. The summed E-state index contributed by atoms with van der Waals surface area (Å²) in [6.07, 6.45) is 4.21. The summed E-state index contributed by atoms with van der Waals surface area (Å²) in [6.45, 7) is 0. The van der Waals surface area contributed by atoms with E-state index in [0.717, 1.165) is 25.8 Å². The maximum Gasteiger partial charge on any atom is 0.111 e. The molecule has 0 aliphatic rings. The number of imidazole rings is 1. The van der Waals surface area contributed by atoms with Gasteiger partial charge >= 0.3 is 0 Å². The Morgan fingerprint density at radius 1 is 1.44 bits per heavy atom. The Hall–Kier alpha value is -1.83. The summed E-state index contributed by atoms with van der Waals surface area (Å²) in [6, 6.07) is 7.70. The van der Waals surface area contributed by atoms with Crippen molar-refractivity contribution < 1.29 is 0 Å². The minimum atomic E-state index is 0.657. The van der Waals surface area contributed by atoms with E-state index < -0.39 is 0 Å². The number of nitriles is 1. The van der Waals surface area contributed by atoms with Crippen molar-refractivity contribution in [2.45, 2.75) is 6.42 Å². The largest absolute Gasteiger partial charge is 0.348 e. The molecule has 2 aromatic heterocycles. The molecule has 1 aromatic carbocycles. The second-order valence-corrected chi connectivity index (χ2v) is 5.39. The Morgan fingerprint density at radius 3 is 3.06 bits per heavy atom. The number of hydrogen-bond donors (Lipinski definition) is 1. The molecule has 18 heavy (non-hydrogen) atoms. The van der Waals surface area contributed by atoms with E-state index in [9.17, 15) is 0 Å². The zero-order valence-corrected chi connectivity index (χ0v) is 10.8. The number of aromatic amines is 1. The molecule has 88 valence electrons. The quantitative estimate of drug-likeness (QED) is 0.773. The van der Waals surface area contributed by atoms with Gasteiger partial charge in [0.25, 0.3) is 0 Å². The number of nitrogens with zero attached hydrogens (tertiary/aromatic N) is 2. The number of rotatable bonds is 2. The van der Waals surface area contributed by atoms with Crippen LogP contribution in [0.5, 0.6) is 0 Å². The number of aromatic nitrogens is 2. The number of hydrogen-bond acceptors (Lipinski definition) is 3. The van der Waals surface area contributed by atoms with Gasteiger partial charge in [0.15, 0.2) is 0 Å². The van der Waals surface area contributed by atoms with Gasteiger partial charge in [0, 0.05) is 33.8 Å². The third-order valence-corrected chi connectivity index (χ3v) is 4.40. The number of halogens is 1. The molecule has 2 heterocycles. The smallest absolute Gasteiger partial charge is 0.111 e. The summed E-state index contributed by atoms with van der Waals surface area (Å²) in [4.78, 5) is 8.33.